The Hall–Kier alpha value is -1.70. The predicted octanol–water partition coefficient (Wildman–Crippen LogP) is 9.85. The topological polar surface area (TPSA) is 0 Å². The molecule has 2 heteroatoms. The molecule has 2 aliphatic carbocycles. The molecule has 0 N–H and O–H groups in total. The molecule has 4 atom stereocenters. The zero-order valence-electron chi connectivity index (χ0n) is 20.7. The lowest BCUT2D eigenvalue weighted by molar-refractivity contribution is 0.113. The quantitative estimate of drug-likeness (QED) is 0.332. The molecule has 0 spiro atoms. The summed E-state index contributed by atoms with van der Waals surface area (Å²) in [4.78, 5) is 0. The minimum Gasteiger partial charge on any atom is -0.206 e. The Morgan fingerprint density at radius 3 is 2.12 bits per heavy atom. The highest BCUT2D eigenvalue weighted by Gasteiger charge is 2.36. The van der Waals surface area contributed by atoms with Gasteiger partial charge in [-0.3, -0.25) is 0 Å². The van der Waals surface area contributed by atoms with Crippen LogP contribution in [0, 0.1) is 29.4 Å². The van der Waals surface area contributed by atoms with Crippen LogP contribution in [0.5, 0.6) is 0 Å². The van der Waals surface area contributed by atoms with E-state index in [4.69, 9.17) is 0 Å². The fraction of sp³-hybridized carbons (Fsp3) is 0.613. The van der Waals surface area contributed by atoms with E-state index < -0.39 is 11.6 Å². The molecule has 0 aromatic heterocycles. The first-order valence-electron chi connectivity index (χ1n) is 13.7. The summed E-state index contributed by atoms with van der Waals surface area (Å²) in [6.45, 7) is 4.36. The summed E-state index contributed by atoms with van der Waals surface area (Å²) in [6.07, 6.45) is 16.7. The minimum atomic E-state index is -0.414. The number of hydrogen-bond acceptors (Lipinski definition) is 0. The summed E-state index contributed by atoms with van der Waals surface area (Å²) in [5.74, 6) is 1.97. The number of halogens is 2. The van der Waals surface area contributed by atoms with Crippen LogP contribution in [0.4, 0.5) is 8.78 Å². The first-order valence-corrected chi connectivity index (χ1v) is 13.7. The van der Waals surface area contributed by atoms with Crippen molar-refractivity contribution in [3.8, 4) is 11.1 Å². The van der Waals surface area contributed by atoms with E-state index in [-0.39, 0.29) is 5.56 Å². The second-order valence-electron chi connectivity index (χ2n) is 10.8. The molecule has 0 amide bonds. The Morgan fingerprint density at radius 1 is 0.758 bits per heavy atom. The van der Waals surface area contributed by atoms with Gasteiger partial charge in [-0.1, -0.05) is 83.1 Å². The Kier molecular flexibility index (Phi) is 8.61. The molecular formula is C31H42F2. The molecule has 0 saturated heterocycles. The first kappa shape index (κ1) is 24.4. The average molecular weight is 453 g/mol. The highest BCUT2D eigenvalue weighted by atomic mass is 19.1. The predicted molar refractivity (Wildman–Crippen MR) is 135 cm³/mol. The summed E-state index contributed by atoms with van der Waals surface area (Å²) >= 11 is 0. The fourth-order valence-corrected chi connectivity index (χ4v) is 6.60. The molecule has 180 valence electrons. The number of benzene rings is 2. The van der Waals surface area contributed by atoms with Crippen molar-refractivity contribution < 1.29 is 8.78 Å². The smallest absolute Gasteiger partial charge is 0.134 e. The molecule has 0 aliphatic heterocycles. The van der Waals surface area contributed by atoms with Gasteiger partial charge >= 0.3 is 0 Å². The summed E-state index contributed by atoms with van der Waals surface area (Å²) in [6, 6.07) is 10.9. The second kappa shape index (κ2) is 11.6. The summed E-state index contributed by atoms with van der Waals surface area (Å²) in [7, 11) is 0. The van der Waals surface area contributed by atoms with Gasteiger partial charge in [-0.2, -0.15) is 0 Å². The highest BCUT2D eigenvalue weighted by Crippen LogP contribution is 2.49. The van der Waals surface area contributed by atoms with Crippen LogP contribution in [0.2, 0.25) is 0 Å². The summed E-state index contributed by atoms with van der Waals surface area (Å²) in [5.41, 5.74) is 2.80. The van der Waals surface area contributed by atoms with Crippen molar-refractivity contribution in [1.29, 1.82) is 0 Å². The molecule has 0 radical (unpaired) electrons. The molecule has 2 aromatic carbocycles. The van der Waals surface area contributed by atoms with Crippen molar-refractivity contribution in [2.24, 2.45) is 17.8 Å². The molecule has 2 aliphatic rings. The Labute approximate surface area is 200 Å². The van der Waals surface area contributed by atoms with E-state index in [0.717, 1.165) is 42.6 Å². The minimum absolute atomic E-state index is 0.120. The van der Waals surface area contributed by atoms with Crippen LogP contribution in [0.3, 0.4) is 0 Å². The van der Waals surface area contributed by atoms with Gasteiger partial charge in [0.05, 0.1) is 5.56 Å². The molecular weight excluding hydrogens is 410 g/mol. The van der Waals surface area contributed by atoms with E-state index in [0.29, 0.717) is 11.5 Å². The number of unbranched alkanes of at least 4 members (excludes halogenated alkanes) is 4. The fourth-order valence-electron chi connectivity index (χ4n) is 6.60. The molecule has 0 nitrogen and oxygen atoms in total. The SMILES string of the molecule is CCCCCCCC1CC[C@@H]2C[C@H](c3cc(F)c(-c4ccc(CC)cc4)c(F)c3)CC[C@@H]2C1. The first-order chi connectivity index (χ1) is 16.1. The van der Waals surface area contributed by atoms with Crippen molar-refractivity contribution in [2.75, 3.05) is 0 Å². The van der Waals surface area contributed by atoms with E-state index in [1.165, 1.54) is 69.8 Å². The Balaban J connectivity index is 1.36. The third-order valence-corrected chi connectivity index (χ3v) is 8.62. The van der Waals surface area contributed by atoms with Gasteiger partial charge in [0.2, 0.25) is 0 Å². The molecule has 2 saturated carbocycles. The van der Waals surface area contributed by atoms with Gasteiger partial charge in [-0.25, -0.2) is 8.78 Å². The van der Waals surface area contributed by atoms with Gasteiger partial charge in [0.25, 0.3) is 0 Å². The van der Waals surface area contributed by atoms with Crippen molar-refractivity contribution in [1.82, 2.24) is 0 Å². The van der Waals surface area contributed by atoms with Crippen LogP contribution in [0.15, 0.2) is 36.4 Å². The molecule has 4 rings (SSSR count). The van der Waals surface area contributed by atoms with Crippen LogP contribution in [-0.2, 0) is 6.42 Å². The third kappa shape index (κ3) is 6.06. The molecule has 2 aromatic rings. The lowest BCUT2D eigenvalue weighted by Crippen LogP contribution is -2.30. The molecule has 0 heterocycles. The van der Waals surface area contributed by atoms with Crippen molar-refractivity contribution in [2.45, 2.75) is 103 Å². The normalized spacial score (nSPS) is 25.1. The number of rotatable bonds is 9. The van der Waals surface area contributed by atoms with E-state index in [2.05, 4.69) is 13.8 Å². The maximum Gasteiger partial charge on any atom is 0.134 e. The van der Waals surface area contributed by atoms with Crippen LogP contribution >= 0.6 is 0 Å². The number of fused-ring (bicyclic) bond motifs is 1. The molecule has 1 unspecified atom stereocenters. The summed E-state index contributed by atoms with van der Waals surface area (Å²) in [5, 5.41) is 0. The van der Waals surface area contributed by atoms with Crippen LogP contribution < -0.4 is 0 Å². The van der Waals surface area contributed by atoms with Gasteiger partial charge in [0.1, 0.15) is 11.6 Å². The molecule has 0 bridgehead atoms. The highest BCUT2D eigenvalue weighted by molar-refractivity contribution is 5.65. The van der Waals surface area contributed by atoms with E-state index in [9.17, 15) is 0 Å². The number of aryl methyl sites for hydroxylation is 1. The van der Waals surface area contributed by atoms with Crippen LogP contribution in [0.1, 0.15) is 108 Å². The molecule has 2 fully saturated rings. The average Bonchev–Trinajstić information content (AvgIpc) is 2.83. The van der Waals surface area contributed by atoms with Gasteiger partial charge in [-0.15, -0.1) is 0 Å². The van der Waals surface area contributed by atoms with E-state index in [1.54, 1.807) is 12.1 Å². The van der Waals surface area contributed by atoms with Crippen LogP contribution in [0.25, 0.3) is 11.1 Å². The van der Waals surface area contributed by atoms with Crippen molar-refractivity contribution in [3.63, 3.8) is 0 Å². The maximum absolute atomic E-state index is 15.1. The van der Waals surface area contributed by atoms with E-state index >= 15 is 8.78 Å². The Morgan fingerprint density at radius 2 is 1.42 bits per heavy atom. The third-order valence-electron chi connectivity index (χ3n) is 8.62. The van der Waals surface area contributed by atoms with Crippen molar-refractivity contribution in [3.05, 3.63) is 59.2 Å². The zero-order chi connectivity index (χ0) is 23.2. The lowest BCUT2D eigenvalue weighted by Gasteiger charge is -2.42. The zero-order valence-corrected chi connectivity index (χ0v) is 20.7. The van der Waals surface area contributed by atoms with Crippen LogP contribution in [-0.4, -0.2) is 0 Å². The van der Waals surface area contributed by atoms with Gasteiger partial charge in [0, 0.05) is 0 Å². The monoisotopic (exact) mass is 452 g/mol. The van der Waals surface area contributed by atoms with E-state index in [1.807, 2.05) is 24.3 Å². The van der Waals surface area contributed by atoms with Gasteiger partial charge in [0.15, 0.2) is 0 Å². The molecule has 33 heavy (non-hydrogen) atoms. The second-order valence-corrected chi connectivity index (χ2v) is 10.8. The lowest BCUT2D eigenvalue weighted by atomic mass is 9.63. The summed E-state index contributed by atoms with van der Waals surface area (Å²) < 4.78 is 30.1. The largest absolute Gasteiger partial charge is 0.206 e. The number of hydrogen-bond donors (Lipinski definition) is 0. The standard InChI is InChI=1S/C31H42F2/c1-3-5-6-7-8-9-23-12-15-26-19-27(17-16-25(26)18-23)28-20-29(32)31(30(33)21-28)24-13-10-22(4-2)11-14-24/h10-11,13-14,20-21,23,25-27H,3-9,12,15-19H2,1-2H3/t23?,25-,26-,27-/m1/s1. The van der Waals surface area contributed by atoms with Crippen molar-refractivity contribution >= 4 is 0 Å². The van der Waals surface area contributed by atoms with Gasteiger partial charge in [-0.05, 0) is 91.0 Å². The Bertz CT molecular complexity index is 861. The maximum atomic E-state index is 15.1. The van der Waals surface area contributed by atoms with Gasteiger partial charge < -0.3 is 0 Å².